The molecule has 1 amide bonds. The van der Waals surface area contributed by atoms with Crippen LogP contribution in [0.1, 0.15) is 44.1 Å². The summed E-state index contributed by atoms with van der Waals surface area (Å²) in [6, 6.07) is 5.85. The predicted molar refractivity (Wildman–Crippen MR) is 103 cm³/mol. The van der Waals surface area contributed by atoms with Crippen molar-refractivity contribution in [1.29, 1.82) is 0 Å². The number of hydrogen-bond donors (Lipinski definition) is 2. The molecule has 0 atom stereocenters. The van der Waals surface area contributed by atoms with Gasteiger partial charge in [-0.3, -0.25) is 4.79 Å². The molecule has 2 bridgehead atoms. The Hall–Kier alpha value is -1.75. The molecule has 0 aromatic heterocycles. The van der Waals surface area contributed by atoms with Crippen molar-refractivity contribution in [2.75, 3.05) is 18.6 Å². The van der Waals surface area contributed by atoms with Crippen molar-refractivity contribution in [2.45, 2.75) is 38.5 Å². The van der Waals surface area contributed by atoms with Crippen LogP contribution in [0, 0.1) is 11.3 Å². The van der Waals surface area contributed by atoms with Gasteiger partial charge in [-0.15, -0.1) is 0 Å². The summed E-state index contributed by atoms with van der Waals surface area (Å²) < 4.78 is 0. The summed E-state index contributed by atoms with van der Waals surface area (Å²) in [5, 5.41) is 4.71. The number of nitrogens with zero attached hydrogens (tertiary/aromatic N) is 1. The van der Waals surface area contributed by atoms with Gasteiger partial charge in [-0.25, -0.2) is 5.84 Å². The van der Waals surface area contributed by atoms with Crippen molar-refractivity contribution in [2.24, 2.45) is 17.2 Å². The molecule has 3 aliphatic carbocycles. The van der Waals surface area contributed by atoms with Gasteiger partial charge in [-0.1, -0.05) is 24.2 Å². The lowest BCUT2D eigenvalue weighted by atomic mass is 9.61. The van der Waals surface area contributed by atoms with Crippen LogP contribution in [0.3, 0.4) is 0 Å². The molecule has 0 aliphatic heterocycles. The van der Waals surface area contributed by atoms with Crippen LogP contribution in [-0.4, -0.2) is 27.3 Å². The smallest absolute Gasteiger partial charge is 0.251 e. The molecule has 3 N–H and O–H groups in total. The molecule has 1 aromatic rings. The average Bonchev–Trinajstić information content (AvgIpc) is 2.60. The summed E-state index contributed by atoms with van der Waals surface area (Å²) in [7, 11) is 3.77. The molecule has 128 valence electrons. The minimum atomic E-state index is -0.0746. The Balaban J connectivity index is 1.70. The Labute approximate surface area is 145 Å². The van der Waals surface area contributed by atoms with Crippen molar-refractivity contribution in [3.05, 3.63) is 30.3 Å². The summed E-state index contributed by atoms with van der Waals surface area (Å²) in [4.78, 5) is 12.7. The number of nitrogens with two attached hydrogens (primary N) is 1. The summed E-state index contributed by atoms with van der Waals surface area (Å²) in [5.41, 5.74) is 3.50. The molecule has 3 saturated carbocycles. The Bertz CT molecular complexity index is 634. The van der Waals surface area contributed by atoms with Crippen molar-refractivity contribution in [3.8, 4) is 0 Å². The van der Waals surface area contributed by atoms with E-state index in [1.165, 1.54) is 38.5 Å². The minimum absolute atomic E-state index is 0.0746. The highest BCUT2D eigenvalue weighted by atomic mass is 16.1. The van der Waals surface area contributed by atoms with Crippen LogP contribution < -0.4 is 21.6 Å². The number of rotatable bonds is 5. The topological polar surface area (TPSA) is 58.4 Å². The molecule has 4 rings (SSSR count). The number of carbonyl (C=O) groups excluding carboxylic acids is 1. The van der Waals surface area contributed by atoms with E-state index in [1.54, 1.807) is 12.1 Å². The second-order valence-electron chi connectivity index (χ2n) is 7.72. The Morgan fingerprint density at radius 2 is 2.00 bits per heavy atom. The number of hydrazine groups is 1. The third-order valence-corrected chi connectivity index (χ3v) is 6.08. The monoisotopic (exact) mass is 325 g/mol. The van der Waals surface area contributed by atoms with E-state index in [2.05, 4.69) is 11.9 Å². The minimum Gasteiger partial charge on any atom is -0.351 e. The van der Waals surface area contributed by atoms with E-state index < -0.39 is 0 Å². The van der Waals surface area contributed by atoms with Crippen LogP contribution in [-0.2, 0) is 4.79 Å². The Morgan fingerprint density at radius 3 is 2.58 bits per heavy atom. The maximum atomic E-state index is 12.7. The van der Waals surface area contributed by atoms with Crippen molar-refractivity contribution in [1.82, 2.24) is 5.32 Å². The zero-order chi connectivity index (χ0) is 17.3. The largest absolute Gasteiger partial charge is 0.351 e. The van der Waals surface area contributed by atoms with Gasteiger partial charge in [0.2, 0.25) is 0 Å². The van der Waals surface area contributed by atoms with Crippen LogP contribution in [0.2, 0.25) is 0 Å². The molecule has 24 heavy (non-hydrogen) atoms. The summed E-state index contributed by atoms with van der Waals surface area (Å²) in [5.74, 6) is 6.78. The number of carbonyl (C=O) groups is 1. The van der Waals surface area contributed by atoms with E-state index in [-0.39, 0.29) is 5.91 Å². The molecule has 0 heterocycles. The molecule has 0 spiro atoms. The predicted octanol–water partition coefficient (Wildman–Crippen LogP) is 1.35. The van der Waals surface area contributed by atoms with E-state index >= 15 is 0 Å². The van der Waals surface area contributed by atoms with Gasteiger partial charge in [-0.2, -0.15) is 0 Å². The second-order valence-corrected chi connectivity index (χ2v) is 7.72. The van der Waals surface area contributed by atoms with E-state index in [4.69, 9.17) is 5.84 Å². The highest BCUT2D eigenvalue weighted by Crippen LogP contribution is 2.49. The summed E-state index contributed by atoms with van der Waals surface area (Å²) >= 11 is 0. The first-order valence-electron chi connectivity index (χ1n) is 8.97. The Morgan fingerprint density at radius 1 is 1.38 bits per heavy atom. The summed E-state index contributed by atoms with van der Waals surface area (Å²) in [6.45, 7) is 4.83. The molecule has 3 fully saturated rings. The number of amides is 1. The standard InChI is InChI=1S/C19H28BN3O/c1-13(17-15(20)4-3-5-16(17)23(2)21)18(24)22-12-19-9-6-14(7-10-19)8-11-19/h3-5,14H,1,6-12,20-21H2,2H3,(H,22,24). The van der Waals surface area contributed by atoms with E-state index in [9.17, 15) is 4.79 Å². The first kappa shape index (κ1) is 17.1. The lowest BCUT2D eigenvalue weighted by Gasteiger charge is -2.46. The average molecular weight is 325 g/mol. The lowest BCUT2D eigenvalue weighted by molar-refractivity contribution is -0.116. The third kappa shape index (κ3) is 3.23. The molecule has 0 radical (unpaired) electrons. The van der Waals surface area contributed by atoms with E-state index in [0.717, 1.165) is 29.2 Å². The number of hydrogen-bond acceptors (Lipinski definition) is 3. The quantitative estimate of drug-likeness (QED) is 0.372. The van der Waals surface area contributed by atoms with Gasteiger partial charge in [0.05, 0.1) is 5.69 Å². The fourth-order valence-corrected chi connectivity index (χ4v) is 4.43. The zero-order valence-electron chi connectivity index (χ0n) is 14.9. The highest BCUT2D eigenvalue weighted by molar-refractivity contribution is 6.38. The van der Waals surface area contributed by atoms with Gasteiger partial charge in [0.1, 0.15) is 7.85 Å². The van der Waals surface area contributed by atoms with Gasteiger partial charge in [0, 0.05) is 24.7 Å². The van der Waals surface area contributed by atoms with Gasteiger partial charge in [-0.05, 0) is 55.9 Å². The SMILES string of the molecule is Bc1cccc(N(C)N)c1C(=C)C(=O)NCC12CCC(CC1)CC2. The van der Waals surface area contributed by atoms with Crippen molar-refractivity contribution in [3.63, 3.8) is 0 Å². The van der Waals surface area contributed by atoms with Gasteiger partial charge >= 0.3 is 0 Å². The molecule has 3 aliphatic rings. The number of nitrogens with one attached hydrogen (secondary N) is 1. The summed E-state index contributed by atoms with van der Waals surface area (Å²) in [6.07, 6.45) is 7.76. The van der Waals surface area contributed by atoms with Crippen LogP contribution in [0.15, 0.2) is 24.8 Å². The van der Waals surface area contributed by atoms with Gasteiger partial charge in [0.25, 0.3) is 5.91 Å². The van der Waals surface area contributed by atoms with Crippen LogP contribution in [0.25, 0.3) is 5.57 Å². The van der Waals surface area contributed by atoms with Crippen LogP contribution in [0.4, 0.5) is 5.69 Å². The molecular weight excluding hydrogens is 297 g/mol. The molecule has 0 saturated heterocycles. The van der Waals surface area contributed by atoms with Gasteiger partial charge in [0.15, 0.2) is 0 Å². The van der Waals surface area contributed by atoms with Crippen molar-refractivity contribution < 1.29 is 4.79 Å². The fraction of sp³-hybridized carbons (Fsp3) is 0.526. The Kier molecular flexibility index (Phi) is 4.72. The third-order valence-electron chi connectivity index (χ3n) is 6.08. The van der Waals surface area contributed by atoms with E-state index in [1.807, 2.05) is 26.0 Å². The van der Waals surface area contributed by atoms with Crippen LogP contribution in [0.5, 0.6) is 0 Å². The zero-order valence-corrected chi connectivity index (χ0v) is 14.9. The van der Waals surface area contributed by atoms with E-state index in [0.29, 0.717) is 11.0 Å². The molecule has 1 aromatic carbocycles. The first-order chi connectivity index (χ1) is 11.4. The molecule has 5 heteroatoms. The number of benzene rings is 1. The van der Waals surface area contributed by atoms with Gasteiger partial charge < -0.3 is 10.3 Å². The maximum absolute atomic E-state index is 12.7. The normalized spacial score (nSPS) is 25.3. The maximum Gasteiger partial charge on any atom is 0.251 e. The first-order valence-corrected chi connectivity index (χ1v) is 8.97. The number of anilines is 1. The van der Waals surface area contributed by atoms with Crippen LogP contribution >= 0.6 is 0 Å². The highest BCUT2D eigenvalue weighted by Gasteiger charge is 2.40. The van der Waals surface area contributed by atoms with Crippen molar-refractivity contribution >= 4 is 30.5 Å². The molecular formula is C19H28BN3O. The molecule has 4 nitrogen and oxygen atoms in total. The fourth-order valence-electron chi connectivity index (χ4n) is 4.43. The second kappa shape index (κ2) is 6.63. The number of fused-ring (bicyclic) bond motifs is 3. The lowest BCUT2D eigenvalue weighted by Crippen LogP contribution is -2.44. The molecule has 0 unspecified atom stereocenters.